The average molecular weight is 319 g/mol. The van der Waals surface area contributed by atoms with Gasteiger partial charge in [0.1, 0.15) is 4.21 Å². The van der Waals surface area contributed by atoms with Gasteiger partial charge in [0.15, 0.2) is 5.00 Å². The molecule has 0 saturated heterocycles. The number of nitro groups is 1. The first-order valence-electron chi connectivity index (χ1n) is 6.38. The number of rotatable bonds is 6. The monoisotopic (exact) mass is 319 g/mol. The Balaban J connectivity index is 2.22. The molecule has 0 atom stereocenters. The predicted molar refractivity (Wildman–Crippen MR) is 77.6 cm³/mol. The highest BCUT2D eigenvalue weighted by molar-refractivity contribution is 7.91. The number of nitrogens with zero attached hydrogens (tertiary/aromatic N) is 1. The SMILES string of the molecule is CCNc1sc(S(=O)(=O)NC2CC(C)C2)cc1[N+](=O)[O-]. The van der Waals surface area contributed by atoms with E-state index in [-0.39, 0.29) is 20.9 Å². The van der Waals surface area contributed by atoms with E-state index in [1.807, 2.05) is 0 Å². The number of thiophene rings is 1. The molecule has 0 aliphatic heterocycles. The van der Waals surface area contributed by atoms with E-state index in [1.165, 1.54) is 0 Å². The van der Waals surface area contributed by atoms with E-state index in [0.29, 0.717) is 12.5 Å². The lowest BCUT2D eigenvalue weighted by atomic mass is 9.83. The Kier molecular flexibility index (Phi) is 4.31. The molecule has 2 N–H and O–H groups in total. The molecule has 1 aliphatic rings. The maximum absolute atomic E-state index is 12.2. The first kappa shape index (κ1) is 15.2. The molecule has 1 aromatic rings. The molecule has 112 valence electrons. The lowest BCUT2D eigenvalue weighted by molar-refractivity contribution is -0.383. The second-order valence-electron chi connectivity index (χ2n) is 4.96. The summed E-state index contributed by atoms with van der Waals surface area (Å²) in [6.07, 6.45) is 1.62. The molecular formula is C11H17N3O4S2. The van der Waals surface area contributed by atoms with Gasteiger partial charge in [-0.15, -0.1) is 0 Å². The molecular weight excluding hydrogens is 302 g/mol. The molecule has 0 aromatic carbocycles. The van der Waals surface area contributed by atoms with Crippen LogP contribution in [0.15, 0.2) is 10.3 Å². The van der Waals surface area contributed by atoms with Crippen molar-refractivity contribution in [2.45, 2.75) is 36.9 Å². The number of nitrogens with one attached hydrogen (secondary N) is 2. The average Bonchev–Trinajstić information content (AvgIpc) is 2.72. The summed E-state index contributed by atoms with van der Waals surface area (Å²) in [6.45, 7) is 4.35. The third-order valence-corrected chi connectivity index (χ3v) is 6.26. The van der Waals surface area contributed by atoms with Crippen LogP contribution in [0.1, 0.15) is 26.7 Å². The van der Waals surface area contributed by atoms with Crippen LogP contribution in [0.2, 0.25) is 0 Å². The van der Waals surface area contributed by atoms with Crippen molar-refractivity contribution < 1.29 is 13.3 Å². The highest BCUT2D eigenvalue weighted by Gasteiger charge is 2.32. The van der Waals surface area contributed by atoms with Gasteiger partial charge in [0.05, 0.1) is 4.92 Å². The van der Waals surface area contributed by atoms with E-state index in [2.05, 4.69) is 17.0 Å². The van der Waals surface area contributed by atoms with E-state index in [9.17, 15) is 18.5 Å². The van der Waals surface area contributed by atoms with Crippen LogP contribution in [0, 0.1) is 16.0 Å². The minimum absolute atomic E-state index is 0.0142. The van der Waals surface area contributed by atoms with Crippen LogP contribution in [0.25, 0.3) is 0 Å². The molecule has 1 aromatic heterocycles. The Morgan fingerprint density at radius 3 is 2.65 bits per heavy atom. The van der Waals surface area contributed by atoms with Crippen molar-refractivity contribution in [3.63, 3.8) is 0 Å². The minimum atomic E-state index is -3.67. The van der Waals surface area contributed by atoms with Gasteiger partial charge < -0.3 is 5.32 Å². The topological polar surface area (TPSA) is 101 Å². The van der Waals surface area contributed by atoms with Crippen molar-refractivity contribution in [2.75, 3.05) is 11.9 Å². The lowest BCUT2D eigenvalue weighted by Crippen LogP contribution is -2.43. The van der Waals surface area contributed by atoms with Gasteiger partial charge in [0.2, 0.25) is 0 Å². The maximum Gasteiger partial charge on any atom is 0.304 e. The van der Waals surface area contributed by atoms with E-state index < -0.39 is 14.9 Å². The molecule has 0 spiro atoms. The normalized spacial score (nSPS) is 22.3. The third-order valence-electron chi connectivity index (χ3n) is 3.18. The first-order valence-corrected chi connectivity index (χ1v) is 8.68. The smallest absolute Gasteiger partial charge is 0.304 e. The Bertz CT molecular complexity index is 605. The molecule has 0 radical (unpaired) electrons. The largest absolute Gasteiger partial charge is 0.372 e. The zero-order valence-electron chi connectivity index (χ0n) is 11.3. The standard InChI is InChI=1S/C11H17N3O4S2/c1-3-12-11-9(14(15)16)6-10(19-11)20(17,18)13-8-4-7(2)5-8/h6-8,12-13H,3-5H2,1-2H3. The predicted octanol–water partition coefficient (Wildman–Crippen LogP) is 2.16. The molecule has 1 heterocycles. The summed E-state index contributed by atoms with van der Waals surface area (Å²) >= 11 is 0.893. The molecule has 20 heavy (non-hydrogen) atoms. The second kappa shape index (κ2) is 5.66. The molecule has 9 heteroatoms. The lowest BCUT2D eigenvalue weighted by Gasteiger charge is -2.32. The minimum Gasteiger partial charge on any atom is -0.372 e. The van der Waals surface area contributed by atoms with Crippen LogP contribution >= 0.6 is 11.3 Å². The first-order chi connectivity index (χ1) is 9.33. The van der Waals surface area contributed by atoms with Crippen LogP contribution in [-0.2, 0) is 10.0 Å². The van der Waals surface area contributed by atoms with Crippen molar-refractivity contribution in [1.82, 2.24) is 4.72 Å². The Labute approximate surface area is 121 Å². The fourth-order valence-corrected chi connectivity index (χ4v) is 4.86. The van der Waals surface area contributed by atoms with Gasteiger partial charge in [-0.1, -0.05) is 18.3 Å². The number of hydrogen-bond acceptors (Lipinski definition) is 6. The van der Waals surface area contributed by atoms with Crippen molar-refractivity contribution in [2.24, 2.45) is 5.92 Å². The summed E-state index contributed by atoms with van der Waals surface area (Å²) in [5, 5.41) is 14.0. The molecule has 0 bridgehead atoms. The van der Waals surface area contributed by atoms with Gasteiger partial charge in [-0.25, -0.2) is 13.1 Å². The number of anilines is 1. The Morgan fingerprint density at radius 2 is 2.15 bits per heavy atom. The summed E-state index contributed by atoms with van der Waals surface area (Å²) in [6, 6.07) is 1.06. The van der Waals surface area contributed by atoms with Gasteiger partial charge in [0.25, 0.3) is 10.0 Å². The fraction of sp³-hybridized carbons (Fsp3) is 0.636. The van der Waals surface area contributed by atoms with Crippen LogP contribution in [0.3, 0.4) is 0 Å². The van der Waals surface area contributed by atoms with Gasteiger partial charge in [-0.05, 0) is 25.7 Å². The Hall–Kier alpha value is -1.19. The van der Waals surface area contributed by atoms with Gasteiger partial charge in [-0.3, -0.25) is 10.1 Å². The van der Waals surface area contributed by atoms with E-state index in [0.717, 1.165) is 30.2 Å². The molecule has 0 unspecified atom stereocenters. The quantitative estimate of drug-likeness (QED) is 0.618. The molecule has 2 rings (SSSR count). The van der Waals surface area contributed by atoms with Crippen LogP contribution in [0.4, 0.5) is 10.7 Å². The van der Waals surface area contributed by atoms with Crippen molar-refractivity contribution >= 4 is 32.0 Å². The molecule has 7 nitrogen and oxygen atoms in total. The van der Waals surface area contributed by atoms with E-state index >= 15 is 0 Å². The van der Waals surface area contributed by atoms with Crippen molar-refractivity contribution in [3.8, 4) is 0 Å². The van der Waals surface area contributed by atoms with Gasteiger partial charge in [-0.2, -0.15) is 0 Å². The maximum atomic E-state index is 12.2. The summed E-state index contributed by atoms with van der Waals surface area (Å²) in [5.74, 6) is 0.526. The molecule has 1 fully saturated rings. The van der Waals surface area contributed by atoms with Crippen LogP contribution < -0.4 is 10.0 Å². The van der Waals surface area contributed by atoms with Crippen LogP contribution in [0.5, 0.6) is 0 Å². The molecule has 1 aliphatic carbocycles. The van der Waals surface area contributed by atoms with Crippen molar-refractivity contribution in [3.05, 3.63) is 16.2 Å². The summed E-state index contributed by atoms with van der Waals surface area (Å²) in [4.78, 5) is 10.4. The third kappa shape index (κ3) is 3.10. The number of sulfonamides is 1. The number of hydrogen-bond donors (Lipinski definition) is 2. The fourth-order valence-electron chi connectivity index (χ4n) is 2.19. The zero-order valence-corrected chi connectivity index (χ0v) is 12.9. The highest BCUT2D eigenvalue weighted by atomic mass is 32.2. The molecule has 0 amide bonds. The second-order valence-corrected chi connectivity index (χ2v) is 7.96. The van der Waals surface area contributed by atoms with Gasteiger partial charge in [0, 0.05) is 18.7 Å². The van der Waals surface area contributed by atoms with E-state index in [1.54, 1.807) is 6.92 Å². The summed E-state index contributed by atoms with van der Waals surface area (Å²) in [5.41, 5.74) is -0.195. The van der Waals surface area contributed by atoms with Gasteiger partial charge >= 0.3 is 5.69 Å². The van der Waals surface area contributed by atoms with Crippen molar-refractivity contribution in [1.29, 1.82) is 0 Å². The summed E-state index contributed by atoms with van der Waals surface area (Å²) < 4.78 is 26.9. The van der Waals surface area contributed by atoms with Crippen LogP contribution in [-0.4, -0.2) is 25.9 Å². The molecule has 1 saturated carbocycles. The zero-order chi connectivity index (χ0) is 14.9. The Morgan fingerprint density at radius 1 is 1.50 bits per heavy atom. The van der Waals surface area contributed by atoms with E-state index in [4.69, 9.17) is 0 Å². The highest BCUT2D eigenvalue weighted by Crippen LogP contribution is 2.37. The summed E-state index contributed by atoms with van der Waals surface area (Å²) in [7, 11) is -3.67.